The summed E-state index contributed by atoms with van der Waals surface area (Å²) >= 11 is 1.55. The fraction of sp³-hybridized carbons (Fsp3) is 0.200. The summed E-state index contributed by atoms with van der Waals surface area (Å²) in [6.45, 7) is 5.98. The average Bonchev–Trinajstić information content (AvgIpc) is 3.63. The number of benzene rings is 2. The summed E-state index contributed by atoms with van der Waals surface area (Å²) in [6, 6.07) is 15.3. The van der Waals surface area contributed by atoms with Crippen molar-refractivity contribution < 1.29 is 22.5 Å². The average molecular weight is 655 g/mol. The number of nitrogens with zero attached hydrogens (tertiary/aromatic N) is 2. The maximum absolute atomic E-state index is 13.3. The van der Waals surface area contributed by atoms with Crippen molar-refractivity contribution in [3.63, 3.8) is 0 Å². The minimum absolute atomic E-state index is 0.136. The molecular formula is C35H34N4O5S2. The number of pyridine rings is 1. The van der Waals surface area contributed by atoms with Crippen LogP contribution in [-0.4, -0.2) is 40.8 Å². The predicted octanol–water partition coefficient (Wildman–Crippen LogP) is 7.35. The Balaban J connectivity index is 1.35. The molecule has 6 rings (SSSR count). The van der Waals surface area contributed by atoms with Gasteiger partial charge in [-0.15, -0.1) is 17.9 Å². The van der Waals surface area contributed by atoms with E-state index < -0.39 is 20.8 Å². The zero-order valence-electron chi connectivity index (χ0n) is 25.6. The molecule has 1 amide bonds. The van der Waals surface area contributed by atoms with Crippen molar-refractivity contribution in [1.82, 2.24) is 9.55 Å². The molecular weight excluding hydrogens is 621 g/mol. The number of anilines is 2. The van der Waals surface area contributed by atoms with Gasteiger partial charge < -0.3 is 20.4 Å². The quantitative estimate of drug-likeness (QED) is 0.112. The van der Waals surface area contributed by atoms with Gasteiger partial charge in [0.1, 0.15) is 22.5 Å². The lowest BCUT2D eigenvalue weighted by molar-refractivity contribution is 0.101. The van der Waals surface area contributed by atoms with Crippen LogP contribution in [0.3, 0.4) is 0 Å². The highest BCUT2D eigenvalue weighted by Crippen LogP contribution is 2.49. The number of nitrogens with two attached hydrogens (primary N) is 1. The van der Waals surface area contributed by atoms with Gasteiger partial charge >= 0.3 is 0 Å². The molecule has 0 saturated heterocycles. The van der Waals surface area contributed by atoms with Crippen molar-refractivity contribution in [2.45, 2.75) is 24.5 Å². The van der Waals surface area contributed by atoms with Gasteiger partial charge in [-0.25, -0.2) is 4.98 Å². The summed E-state index contributed by atoms with van der Waals surface area (Å²) in [7, 11) is -0.816. The van der Waals surface area contributed by atoms with Crippen LogP contribution in [-0.2, 0) is 17.2 Å². The monoisotopic (exact) mass is 654 g/mol. The molecule has 46 heavy (non-hydrogen) atoms. The summed E-state index contributed by atoms with van der Waals surface area (Å²) in [5, 5.41) is 5.72. The largest absolute Gasteiger partial charge is 0.495 e. The number of thiophene rings is 1. The molecule has 4 N–H and O–H groups in total. The number of carbonyl (C=O) groups is 1. The fourth-order valence-corrected chi connectivity index (χ4v) is 7.95. The predicted molar refractivity (Wildman–Crippen MR) is 186 cm³/mol. The van der Waals surface area contributed by atoms with Gasteiger partial charge in [-0.3, -0.25) is 9.35 Å². The summed E-state index contributed by atoms with van der Waals surface area (Å²) < 4.78 is 41.5. The highest BCUT2D eigenvalue weighted by atomic mass is 32.2. The number of amides is 1. The van der Waals surface area contributed by atoms with Crippen molar-refractivity contribution in [1.29, 1.82) is 0 Å². The Bertz CT molecular complexity index is 2160. The van der Waals surface area contributed by atoms with Gasteiger partial charge in [0, 0.05) is 51.1 Å². The van der Waals surface area contributed by atoms with Gasteiger partial charge in [0.05, 0.1) is 12.8 Å². The topological polar surface area (TPSA) is 137 Å². The van der Waals surface area contributed by atoms with Crippen LogP contribution < -0.4 is 15.8 Å². The van der Waals surface area contributed by atoms with Gasteiger partial charge in [-0.2, -0.15) is 8.42 Å². The molecule has 236 valence electrons. The van der Waals surface area contributed by atoms with E-state index in [0.717, 1.165) is 37.7 Å². The molecule has 1 unspecified atom stereocenters. The molecule has 0 spiro atoms. The van der Waals surface area contributed by atoms with E-state index in [1.165, 1.54) is 12.2 Å². The van der Waals surface area contributed by atoms with Crippen molar-refractivity contribution in [2.75, 3.05) is 18.2 Å². The number of fused-ring (bicyclic) bond motifs is 2. The third kappa shape index (κ3) is 5.51. The first-order valence-electron chi connectivity index (χ1n) is 14.6. The van der Waals surface area contributed by atoms with Crippen molar-refractivity contribution >= 4 is 59.9 Å². The number of methoxy groups -OCH3 is 1. The second-order valence-corrected chi connectivity index (χ2v) is 14.1. The number of aromatic nitrogens is 2. The number of ether oxygens (including phenoxy) is 1. The number of allylic oxidation sites excluding steroid dienone is 3. The number of para-hydroxylation sites is 1. The Labute approximate surface area is 271 Å². The van der Waals surface area contributed by atoms with E-state index in [4.69, 9.17) is 10.5 Å². The standard InChI is InChI=1S/C35H34N4O5S2/c1-5-8-26(35(2)15-13-23(14-16-35)46(41,42)43)24-19-37-33(36)31-25(20-45-32(24)31)21-11-12-27(30(18-21)44-4)38-34(40)29-17-22-9-6-7-10-28(22)39(29)3/h5-7,9-20,23,26H,1,8H2,2-4H3,(H2,36,37)(H,38,40)(H,41,42,43). The summed E-state index contributed by atoms with van der Waals surface area (Å²) in [6.07, 6.45) is 10.9. The summed E-state index contributed by atoms with van der Waals surface area (Å²) in [4.78, 5) is 17.9. The lowest BCUT2D eigenvalue weighted by Gasteiger charge is -2.35. The van der Waals surface area contributed by atoms with E-state index in [9.17, 15) is 17.8 Å². The van der Waals surface area contributed by atoms with Crippen LogP contribution in [0.1, 0.15) is 35.3 Å². The van der Waals surface area contributed by atoms with Crippen molar-refractivity contribution in [2.24, 2.45) is 12.5 Å². The van der Waals surface area contributed by atoms with Crippen LogP contribution in [0.15, 0.2) is 97.1 Å². The Morgan fingerprint density at radius 3 is 2.65 bits per heavy atom. The van der Waals surface area contributed by atoms with Crippen LogP contribution in [0.25, 0.3) is 32.1 Å². The van der Waals surface area contributed by atoms with E-state index in [1.807, 2.05) is 90.7 Å². The molecule has 0 fully saturated rings. The van der Waals surface area contributed by atoms with E-state index in [0.29, 0.717) is 29.4 Å². The van der Waals surface area contributed by atoms with Gasteiger partial charge in [0.25, 0.3) is 16.0 Å². The number of hydrogen-bond donors (Lipinski definition) is 3. The molecule has 2 aromatic carbocycles. The lowest BCUT2D eigenvalue weighted by Crippen LogP contribution is -2.27. The van der Waals surface area contributed by atoms with E-state index in [2.05, 4.69) is 16.9 Å². The molecule has 3 heterocycles. The van der Waals surface area contributed by atoms with Crippen LogP contribution >= 0.6 is 11.3 Å². The highest BCUT2D eigenvalue weighted by molar-refractivity contribution is 7.86. The second kappa shape index (κ2) is 11.9. The molecule has 0 radical (unpaired) electrons. The molecule has 0 saturated carbocycles. The third-order valence-corrected chi connectivity index (χ3v) is 10.8. The number of nitrogens with one attached hydrogen (secondary N) is 1. The van der Waals surface area contributed by atoms with Crippen LogP contribution in [0.2, 0.25) is 0 Å². The van der Waals surface area contributed by atoms with Crippen LogP contribution in [0, 0.1) is 5.41 Å². The lowest BCUT2D eigenvalue weighted by atomic mass is 9.70. The van der Waals surface area contributed by atoms with Gasteiger partial charge in [0.15, 0.2) is 0 Å². The molecule has 1 aliphatic carbocycles. The van der Waals surface area contributed by atoms with Crippen molar-refractivity contribution in [3.8, 4) is 16.9 Å². The SMILES string of the molecule is C=CCC(c1cnc(N)c2c(-c3ccc(NC(=O)c4cc5ccccc5n4C)c(OC)c3)csc12)C1(C)C=CC(S(=O)(=O)O)C=C1. The van der Waals surface area contributed by atoms with Gasteiger partial charge in [-0.05, 0) is 47.2 Å². The fourth-order valence-electron chi connectivity index (χ4n) is 6.24. The maximum atomic E-state index is 13.3. The van der Waals surface area contributed by atoms with Gasteiger partial charge in [0.2, 0.25) is 0 Å². The number of aryl methyl sites for hydroxylation is 1. The van der Waals surface area contributed by atoms with Crippen LogP contribution in [0.5, 0.6) is 5.75 Å². The molecule has 3 aromatic heterocycles. The number of rotatable bonds is 9. The Hall–Kier alpha value is -4.71. The minimum atomic E-state index is -4.24. The molecule has 1 atom stereocenters. The van der Waals surface area contributed by atoms with Crippen LogP contribution in [0.4, 0.5) is 11.5 Å². The molecule has 1 aliphatic rings. The Kier molecular flexibility index (Phi) is 8.09. The van der Waals surface area contributed by atoms with E-state index >= 15 is 0 Å². The van der Waals surface area contributed by atoms with E-state index in [1.54, 1.807) is 24.6 Å². The normalized spacial score (nSPS) is 18.6. The summed E-state index contributed by atoms with van der Waals surface area (Å²) in [5.41, 5.74) is 10.6. The number of hydrogen-bond acceptors (Lipinski definition) is 7. The first kappa shape index (κ1) is 31.3. The zero-order chi connectivity index (χ0) is 32.8. The molecule has 0 bridgehead atoms. The molecule has 11 heteroatoms. The first-order chi connectivity index (χ1) is 21.9. The van der Waals surface area contributed by atoms with Gasteiger partial charge in [-0.1, -0.05) is 61.6 Å². The first-order valence-corrected chi connectivity index (χ1v) is 17.0. The number of nitrogen functional groups attached to an aromatic ring is 1. The minimum Gasteiger partial charge on any atom is -0.495 e. The molecule has 5 aromatic rings. The second-order valence-electron chi connectivity index (χ2n) is 11.6. The highest BCUT2D eigenvalue weighted by Gasteiger charge is 2.36. The van der Waals surface area contributed by atoms with E-state index in [-0.39, 0.29) is 11.8 Å². The molecule has 9 nitrogen and oxygen atoms in total. The maximum Gasteiger partial charge on any atom is 0.275 e. The number of carbonyl (C=O) groups excluding carboxylic acids is 1. The third-order valence-electron chi connectivity index (χ3n) is 8.76. The van der Waals surface area contributed by atoms with Crippen molar-refractivity contribution in [3.05, 3.63) is 108 Å². The summed E-state index contributed by atoms with van der Waals surface area (Å²) in [5.74, 6) is 0.489. The zero-order valence-corrected chi connectivity index (χ0v) is 27.2. The molecule has 0 aliphatic heterocycles. The Morgan fingerprint density at radius 2 is 1.98 bits per heavy atom. The smallest absolute Gasteiger partial charge is 0.275 e. The Morgan fingerprint density at radius 1 is 1.24 bits per heavy atom.